The van der Waals surface area contributed by atoms with E-state index in [-0.39, 0.29) is 18.7 Å². The van der Waals surface area contributed by atoms with Gasteiger partial charge in [-0.05, 0) is 62.2 Å². The number of benzene rings is 2. The minimum atomic E-state index is -3.75. The highest BCUT2D eigenvalue weighted by Gasteiger charge is 2.31. The van der Waals surface area contributed by atoms with E-state index in [0.29, 0.717) is 0 Å². The summed E-state index contributed by atoms with van der Waals surface area (Å²) >= 11 is 0. The van der Waals surface area contributed by atoms with Gasteiger partial charge in [-0.3, -0.25) is 9.10 Å². The summed E-state index contributed by atoms with van der Waals surface area (Å²) in [4.78, 5) is 15.1. The van der Waals surface area contributed by atoms with Gasteiger partial charge in [-0.2, -0.15) is 0 Å². The zero-order chi connectivity index (χ0) is 22.3. The predicted octanol–water partition coefficient (Wildman–Crippen LogP) is 3.53. The first-order chi connectivity index (χ1) is 14.2. The average Bonchev–Trinajstić information content (AvgIpc) is 2.72. The molecule has 6 nitrogen and oxygen atoms in total. The molecule has 0 aliphatic rings. The number of nitrogens with one attached hydrogen (secondary N) is 1. The van der Waals surface area contributed by atoms with E-state index in [9.17, 15) is 17.6 Å². The first kappa shape index (κ1) is 23.7. The monoisotopic (exact) mass is 435 g/mol. The molecule has 8 heteroatoms. The Kier molecular flexibility index (Phi) is 8.23. The largest absolute Gasteiger partial charge is 0.372 e. The van der Waals surface area contributed by atoms with Crippen molar-refractivity contribution in [3.63, 3.8) is 0 Å². The third-order valence-electron chi connectivity index (χ3n) is 4.94. The number of rotatable bonds is 10. The van der Waals surface area contributed by atoms with Crippen LogP contribution in [-0.2, 0) is 21.4 Å². The fourth-order valence-electron chi connectivity index (χ4n) is 3.37. The first-order valence-electron chi connectivity index (χ1n) is 10.1. The molecule has 0 unspecified atom stereocenters. The van der Waals surface area contributed by atoms with Crippen molar-refractivity contribution in [1.82, 2.24) is 5.32 Å². The molecule has 0 bridgehead atoms. The Balaban J connectivity index is 2.15. The van der Waals surface area contributed by atoms with Crippen LogP contribution < -0.4 is 14.5 Å². The second kappa shape index (κ2) is 10.4. The molecule has 0 aliphatic carbocycles. The van der Waals surface area contributed by atoms with Crippen LogP contribution in [0.25, 0.3) is 0 Å². The van der Waals surface area contributed by atoms with Crippen molar-refractivity contribution in [2.75, 3.05) is 28.6 Å². The minimum absolute atomic E-state index is 0.254. The summed E-state index contributed by atoms with van der Waals surface area (Å²) in [5.41, 5.74) is 2.28. The maximum atomic E-state index is 13.3. The van der Waals surface area contributed by atoms with Crippen LogP contribution in [0.3, 0.4) is 0 Å². The summed E-state index contributed by atoms with van der Waals surface area (Å²) in [6.07, 6.45) is 1.31. The molecule has 2 aromatic rings. The van der Waals surface area contributed by atoms with Gasteiger partial charge in [0.25, 0.3) is 0 Å². The molecule has 0 saturated carbocycles. The average molecular weight is 436 g/mol. The topological polar surface area (TPSA) is 69.7 Å². The van der Waals surface area contributed by atoms with Crippen molar-refractivity contribution < 1.29 is 17.6 Å². The lowest BCUT2D eigenvalue weighted by atomic mass is 10.1. The molecule has 30 heavy (non-hydrogen) atoms. The summed E-state index contributed by atoms with van der Waals surface area (Å²) in [6, 6.07) is 12.1. The Bertz CT molecular complexity index is 927. The van der Waals surface area contributed by atoms with Crippen LogP contribution in [0.1, 0.15) is 32.8 Å². The predicted molar refractivity (Wildman–Crippen MR) is 120 cm³/mol. The first-order valence-corrected chi connectivity index (χ1v) is 11.9. The zero-order valence-corrected chi connectivity index (χ0v) is 18.7. The molecule has 2 rings (SSSR count). The summed E-state index contributed by atoms with van der Waals surface area (Å²) in [5, 5.41) is 2.83. The molecule has 1 N–H and O–H groups in total. The van der Waals surface area contributed by atoms with Gasteiger partial charge in [0, 0.05) is 25.3 Å². The zero-order valence-electron chi connectivity index (χ0n) is 17.9. The fourth-order valence-corrected chi connectivity index (χ4v) is 4.58. The van der Waals surface area contributed by atoms with Crippen molar-refractivity contribution in [2.45, 2.75) is 39.8 Å². The molecule has 0 fully saturated rings. The highest BCUT2D eigenvalue weighted by molar-refractivity contribution is 7.92. The van der Waals surface area contributed by atoms with Crippen molar-refractivity contribution in [2.24, 2.45) is 0 Å². The maximum absolute atomic E-state index is 13.3. The van der Waals surface area contributed by atoms with Crippen LogP contribution in [-0.4, -0.2) is 39.7 Å². The number of hydrogen-bond donors (Lipinski definition) is 1. The number of nitrogens with zero attached hydrogens (tertiary/aromatic N) is 2. The molecule has 1 atom stereocenters. The summed E-state index contributed by atoms with van der Waals surface area (Å²) in [5.74, 6) is -0.877. The van der Waals surface area contributed by atoms with Crippen LogP contribution in [0.5, 0.6) is 0 Å². The number of anilines is 2. The third-order valence-corrected chi connectivity index (χ3v) is 6.12. The van der Waals surface area contributed by atoms with E-state index in [1.807, 2.05) is 24.3 Å². The van der Waals surface area contributed by atoms with Gasteiger partial charge in [0.15, 0.2) is 0 Å². The quantitative estimate of drug-likeness (QED) is 0.620. The maximum Gasteiger partial charge on any atom is 0.244 e. The van der Waals surface area contributed by atoms with E-state index < -0.39 is 27.8 Å². The van der Waals surface area contributed by atoms with Gasteiger partial charge in [-0.15, -0.1) is 0 Å². The molecule has 0 aliphatic heterocycles. The summed E-state index contributed by atoms with van der Waals surface area (Å²) in [6.45, 7) is 8.04. The van der Waals surface area contributed by atoms with Crippen LogP contribution >= 0.6 is 0 Å². The molecule has 0 spiro atoms. The van der Waals surface area contributed by atoms with Crippen molar-refractivity contribution in [3.8, 4) is 0 Å². The third kappa shape index (κ3) is 5.95. The van der Waals surface area contributed by atoms with Crippen molar-refractivity contribution in [1.29, 1.82) is 0 Å². The molecule has 0 heterocycles. The van der Waals surface area contributed by atoms with Crippen molar-refractivity contribution in [3.05, 3.63) is 59.9 Å². The van der Waals surface area contributed by atoms with Crippen LogP contribution in [0.15, 0.2) is 48.5 Å². The normalized spacial score (nSPS) is 12.3. The molecule has 0 radical (unpaired) electrons. The van der Waals surface area contributed by atoms with Gasteiger partial charge in [-0.1, -0.05) is 19.1 Å². The standard InChI is InChI=1S/C22H30FN3O3S/c1-5-21(26(30(4,28)29)20-14-10-18(23)11-15-20)22(27)24-16-17-8-12-19(13-9-17)25(6-2)7-3/h8-15,21H,5-7,16H2,1-4H3,(H,24,27)/t21-/m0/s1. The summed E-state index contributed by atoms with van der Waals surface area (Å²) in [7, 11) is -3.75. The Labute approximate surface area is 178 Å². The van der Waals surface area contributed by atoms with E-state index in [1.54, 1.807) is 6.92 Å². The SMILES string of the molecule is CC[C@@H](C(=O)NCc1ccc(N(CC)CC)cc1)N(c1ccc(F)cc1)S(C)(=O)=O. The summed E-state index contributed by atoms with van der Waals surface area (Å²) < 4.78 is 39.1. The van der Waals surface area contributed by atoms with Gasteiger partial charge >= 0.3 is 0 Å². The van der Waals surface area contributed by atoms with Gasteiger partial charge in [-0.25, -0.2) is 12.8 Å². The smallest absolute Gasteiger partial charge is 0.244 e. The number of carbonyl (C=O) groups excluding carboxylic acids is 1. The van der Waals surface area contributed by atoms with Crippen LogP contribution in [0, 0.1) is 5.82 Å². The number of sulfonamides is 1. The fraction of sp³-hybridized carbons (Fsp3) is 0.409. The lowest BCUT2D eigenvalue weighted by Gasteiger charge is -2.30. The Morgan fingerprint density at radius 2 is 1.50 bits per heavy atom. The lowest BCUT2D eigenvalue weighted by molar-refractivity contribution is -0.122. The van der Waals surface area contributed by atoms with Crippen LogP contribution in [0.4, 0.5) is 15.8 Å². The Morgan fingerprint density at radius 3 is 1.97 bits per heavy atom. The molecule has 2 aromatic carbocycles. The van der Waals surface area contributed by atoms with E-state index in [4.69, 9.17) is 0 Å². The Morgan fingerprint density at radius 1 is 0.967 bits per heavy atom. The molecule has 0 saturated heterocycles. The minimum Gasteiger partial charge on any atom is -0.372 e. The molecular formula is C22H30FN3O3S. The van der Waals surface area contributed by atoms with Crippen LogP contribution in [0.2, 0.25) is 0 Å². The van der Waals surface area contributed by atoms with Gasteiger partial charge in [0.1, 0.15) is 11.9 Å². The number of hydrogen-bond acceptors (Lipinski definition) is 4. The second-order valence-electron chi connectivity index (χ2n) is 7.02. The number of amides is 1. The van der Waals surface area contributed by atoms with Gasteiger partial charge in [0.2, 0.25) is 15.9 Å². The molecule has 164 valence electrons. The van der Waals surface area contributed by atoms with E-state index in [1.165, 1.54) is 24.3 Å². The molecule has 0 aromatic heterocycles. The number of carbonyl (C=O) groups is 1. The highest BCUT2D eigenvalue weighted by Crippen LogP contribution is 2.23. The second-order valence-corrected chi connectivity index (χ2v) is 8.88. The van der Waals surface area contributed by atoms with E-state index >= 15 is 0 Å². The molecule has 1 amide bonds. The van der Waals surface area contributed by atoms with Gasteiger partial charge < -0.3 is 10.2 Å². The number of halogens is 1. The van der Waals surface area contributed by atoms with E-state index in [2.05, 4.69) is 24.1 Å². The van der Waals surface area contributed by atoms with Gasteiger partial charge in [0.05, 0.1) is 11.9 Å². The van der Waals surface area contributed by atoms with E-state index in [0.717, 1.165) is 34.9 Å². The lowest BCUT2D eigenvalue weighted by Crippen LogP contribution is -2.49. The Hall–Kier alpha value is -2.61. The highest BCUT2D eigenvalue weighted by atomic mass is 32.2. The van der Waals surface area contributed by atoms with Crippen molar-refractivity contribution >= 4 is 27.3 Å². The molecular weight excluding hydrogens is 405 g/mol.